The second-order valence-electron chi connectivity index (χ2n) is 5.95. The lowest BCUT2D eigenvalue weighted by atomic mass is 10.1. The molecular weight excluding hydrogens is 509 g/mol. The molecule has 6 N–H and O–H groups in total. The van der Waals surface area contributed by atoms with Crippen molar-refractivity contribution in [2.45, 2.75) is 29.6 Å². The number of thiol groups is 1. The number of hydrogen-bond acceptors (Lipinski definition) is 13. The van der Waals surface area contributed by atoms with Gasteiger partial charge in [-0.2, -0.15) is 8.62 Å². The van der Waals surface area contributed by atoms with Gasteiger partial charge < -0.3 is 34.5 Å². The number of aromatic nitrogens is 4. The first-order valence-electron chi connectivity index (χ1n) is 7.85. The zero-order valence-corrected chi connectivity index (χ0v) is 18.4. The average molecular weight is 524 g/mol. The fourth-order valence-corrected chi connectivity index (χ4v) is 5.83. The number of rotatable bonds is 8. The molecule has 3 rings (SSSR count). The number of imidazole rings is 1. The maximum Gasteiger partial charge on any atom is 0.490 e. The lowest BCUT2D eigenvalue weighted by molar-refractivity contribution is -0.0503. The number of ether oxygens (including phenoxy) is 1. The molecule has 1 aliphatic rings. The van der Waals surface area contributed by atoms with Crippen molar-refractivity contribution in [3.8, 4) is 0 Å². The number of fused-ring (bicyclic) bond motifs is 1. The van der Waals surface area contributed by atoms with Gasteiger partial charge in [0.2, 0.25) is 0 Å². The van der Waals surface area contributed by atoms with Gasteiger partial charge in [0.1, 0.15) is 35.2 Å². The molecule has 0 amide bonds. The van der Waals surface area contributed by atoms with Crippen LogP contribution in [0.2, 0.25) is 0 Å². The van der Waals surface area contributed by atoms with Crippen LogP contribution < -0.4 is 0 Å². The predicted octanol–water partition coefficient (Wildman–Crippen LogP) is -0.923. The fraction of sp³-hybridized carbons (Fsp3) is 0.500. The van der Waals surface area contributed by atoms with Crippen LogP contribution in [0.25, 0.3) is 11.2 Å². The molecule has 4 unspecified atom stereocenters. The van der Waals surface area contributed by atoms with Crippen LogP contribution in [-0.2, 0) is 31.6 Å². The van der Waals surface area contributed by atoms with Crippen molar-refractivity contribution in [3.63, 3.8) is 0 Å². The monoisotopic (exact) mass is 524 g/mol. The van der Waals surface area contributed by atoms with Crippen molar-refractivity contribution in [2.75, 3.05) is 6.61 Å². The van der Waals surface area contributed by atoms with Gasteiger partial charge in [0.05, 0.1) is 12.9 Å². The van der Waals surface area contributed by atoms with Gasteiger partial charge in [0, 0.05) is 0 Å². The van der Waals surface area contributed by atoms with Gasteiger partial charge >= 0.3 is 23.5 Å². The van der Waals surface area contributed by atoms with E-state index in [-0.39, 0.29) is 16.2 Å². The zero-order valence-electron chi connectivity index (χ0n) is 14.8. The number of nitrogens with zero attached hydrogens (tertiary/aromatic N) is 4. The van der Waals surface area contributed by atoms with Crippen LogP contribution in [0, 0.1) is 0 Å². The third-order valence-electron chi connectivity index (χ3n) is 3.77. The minimum Gasteiger partial charge on any atom is -0.387 e. The van der Waals surface area contributed by atoms with E-state index in [1.165, 1.54) is 17.2 Å². The van der Waals surface area contributed by atoms with Crippen LogP contribution in [-0.4, -0.2) is 74.2 Å². The number of aliphatic hydroxyl groups is 2. The Morgan fingerprint density at radius 2 is 1.71 bits per heavy atom. The molecule has 2 aromatic rings. The van der Waals surface area contributed by atoms with Crippen LogP contribution in [0.4, 0.5) is 0 Å². The molecule has 0 aliphatic carbocycles. The topological polar surface area (TPSA) is 253 Å². The Kier molecular flexibility index (Phi) is 7.09. The summed E-state index contributed by atoms with van der Waals surface area (Å²) in [6, 6.07) is 0. The molecule has 0 spiro atoms. The highest BCUT2D eigenvalue weighted by atomic mass is 32.1. The van der Waals surface area contributed by atoms with E-state index in [4.69, 9.17) is 19.4 Å². The first kappa shape index (κ1) is 24.8. The Balaban J connectivity index is 1.69. The van der Waals surface area contributed by atoms with Crippen molar-refractivity contribution >= 4 is 47.3 Å². The first-order valence-corrected chi connectivity index (χ1v) is 12.8. The van der Waals surface area contributed by atoms with Crippen molar-refractivity contribution in [1.82, 2.24) is 19.5 Å². The maximum atomic E-state index is 11.8. The van der Waals surface area contributed by atoms with E-state index in [0.29, 0.717) is 0 Å². The van der Waals surface area contributed by atoms with Crippen LogP contribution in [0.3, 0.4) is 0 Å². The summed E-state index contributed by atoms with van der Waals surface area (Å²) in [6.07, 6.45) is -3.55. The van der Waals surface area contributed by atoms with E-state index >= 15 is 0 Å². The Morgan fingerprint density at radius 3 is 2.35 bits per heavy atom. The molecule has 3 heterocycles. The second kappa shape index (κ2) is 8.85. The molecule has 0 radical (unpaired) electrons. The summed E-state index contributed by atoms with van der Waals surface area (Å²) in [6.45, 7) is -0.947. The van der Waals surface area contributed by atoms with E-state index in [0.717, 1.165) is 0 Å². The van der Waals surface area contributed by atoms with Crippen LogP contribution in [0.1, 0.15) is 6.23 Å². The molecule has 1 fully saturated rings. The summed E-state index contributed by atoms with van der Waals surface area (Å²) in [4.78, 5) is 47.4. The lowest BCUT2D eigenvalue weighted by Gasteiger charge is -2.19. The van der Waals surface area contributed by atoms with E-state index in [2.05, 4.69) is 40.7 Å². The summed E-state index contributed by atoms with van der Waals surface area (Å²) < 4.78 is 52.0. The standard InChI is InChI=1S/C10H15N4O13P3S/c15-6-4(1-24-29(20,21)27-30(22,23)26-28(17,18)19)25-10(7(6)16)14-3-13-5-8(14)11-2-12-9(5)31/h2-4,6-7,10,15-16H,1H2,(H,20,21)(H,22,23)(H,11,12,31)(H2,17,18,19)/t4-,6?,7?,10-/m1/s1. The average Bonchev–Trinajstić information content (AvgIpc) is 3.13. The molecule has 174 valence electrons. The van der Waals surface area contributed by atoms with Crippen LogP contribution in [0.15, 0.2) is 17.7 Å². The molecule has 0 aromatic carbocycles. The van der Waals surface area contributed by atoms with E-state index in [1.54, 1.807) is 0 Å². The fourth-order valence-electron chi connectivity index (χ4n) is 2.59. The summed E-state index contributed by atoms with van der Waals surface area (Å²) >= 11 is 4.11. The zero-order chi connectivity index (χ0) is 23.2. The van der Waals surface area contributed by atoms with Gasteiger partial charge in [-0.05, 0) is 0 Å². The smallest absolute Gasteiger partial charge is 0.387 e. The van der Waals surface area contributed by atoms with Crippen molar-refractivity contribution < 1.29 is 61.4 Å². The minimum absolute atomic E-state index is 0.199. The number of hydrogen-bond donors (Lipinski definition) is 7. The van der Waals surface area contributed by atoms with Crippen molar-refractivity contribution in [2.24, 2.45) is 0 Å². The SMILES string of the molecule is O=P(O)(O)OP(=O)(O)OP(=O)(O)OC[C@H]1O[C@@H](n2cnc3c(S)ncnc32)C(O)C1O. The molecule has 1 aliphatic heterocycles. The number of aliphatic hydroxyl groups excluding tert-OH is 2. The maximum absolute atomic E-state index is 11.8. The van der Waals surface area contributed by atoms with Gasteiger partial charge in [-0.1, -0.05) is 0 Å². The molecule has 2 aromatic heterocycles. The highest BCUT2D eigenvalue weighted by molar-refractivity contribution is 7.80. The summed E-state index contributed by atoms with van der Waals surface area (Å²) in [5, 5.41) is 20.7. The third-order valence-corrected chi connectivity index (χ3v) is 7.90. The quantitative estimate of drug-likeness (QED) is 0.125. The molecule has 6 atom stereocenters. The van der Waals surface area contributed by atoms with Gasteiger partial charge in [-0.3, -0.25) is 9.09 Å². The third kappa shape index (κ3) is 5.96. The van der Waals surface area contributed by atoms with E-state index in [1.807, 2.05) is 0 Å². The van der Waals surface area contributed by atoms with Gasteiger partial charge in [-0.25, -0.2) is 28.6 Å². The van der Waals surface area contributed by atoms with Crippen LogP contribution >= 0.6 is 36.1 Å². The normalized spacial score (nSPS) is 28.5. The predicted molar refractivity (Wildman–Crippen MR) is 98.3 cm³/mol. The van der Waals surface area contributed by atoms with Crippen molar-refractivity contribution in [1.29, 1.82) is 0 Å². The Bertz CT molecular complexity index is 1110. The molecular formula is C10H15N4O13P3S. The summed E-state index contributed by atoms with van der Waals surface area (Å²) in [7, 11) is -16.7. The molecule has 1 saturated heterocycles. The van der Waals surface area contributed by atoms with Gasteiger partial charge in [0.15, 0.2) is 11.9 Å². The number of phosphoric acid groups is 3. The number of phosphoric ester groups is 1. The van der Waals surface area contributed by atoms with Crippen LogP contribution in [0.5, 0.6) is 0 Å². The largest absolute Gasteiger partial charge is 0.490 e. The lowest BCUT2D eigenvalue weighted by Crippen LogP contribution is -2.33. The van der Waals surface area contributed by atoms with Crippen molar-refractivity contribution in [3.05, 3.63) is 12.7 Å². The molecule has 0 bridgehead atoms. The summed E-state index contributed by atoms with van der Waals surface area (Å²) in [5.41, 5.74) is 0.470. The summed E-state index contributed by atoms with van der Waals surface area (Å²) in [5.74, 6) is 0. The Labute approximate surface area is 177 Å². The van der Waals surface area contributed by atoms with Gasteiger partial charge in [0.25, 0.3) is 0 Å². The molecule has 0 saturated carbocycles. The van der Waals surface area contributed by atoms with E-state index in [9.17, 15) is 28.8 Å². The van der Waals surface area contributed by atoms with E-state index < -0.39 is 54.6 Å². The molecule has 17 nitrogen and oxygen atoms in total. The Hall–Kier alpha value is -0.810. The first-order chi connectivity index (χ1) is 14.2. The molecule has 31 heavy (non-hydrogen) atoms. The highest BCUT2D eigenvalue weighted by Crippen LogP contribution is 2.66. The second-order valence-corrected chi connectivity index (χ2v) is 10.8. The highest BCUT2D eigenvalue weighted by Gasteiger charge is 2.46. The van der Waals surface area contributed by atoms with Gasteiger partial charge in [-0.15, -0.1) is 12.6 Å². The Morgan fingerprint density at radius 1 is 1.03 bits per heavy atom. The minimum atomic E-state index is -5.70. The molecule has 21 heteroatoms.